The Labute approximate surface area is 146 Å². The number of carbonyl (C=O) groups excluding carboxylic acids is 2. The number of methoxy groups -OCH3 is 1. The lowest BCUT2D eigenvalue weighted by molar-refractivity contribution is -0.143. The highest BCUT2D eigenvalue weighted by Crippen LogP contribution is 2.37. The van der Waals surface area contributed by atoms with Crippen molar-refractivity contribution in [3.8, 4) is 5.75 Å². The Morgan fingerprint density at radius 2 is 2.04 bits per heavy atom. The molecule has 1 aromatic carbocycles. The molecule has 3 heterocycles. The molecule has 25 heavy (non-hydrogen) atoms. The smallest absolute Gasteiger partial charge is 0.230 e. The van der Waals surface area contributed by atoms with Gasteiger partial charge in [-0.25, -0.2) is 0 Å². The zero-order valence-corrected chi connectivity index (χ0v) is 14.4. The van der Waals surface area contributed by atoms with Crippen molar-refractivity contribution < 1.29 is 19.1 Å². The molecule has 1 unspecified atom stereocenters. The number of rotatable bonds is 3. The highest BCUT2D eigenvalue weighted by Gasteiger charge is 2.40. The fourth-order valence-corrected chi connectivity index (χ4v) is 3.82. The van der Waals surface area contributed by atoms with Crippen molar-refractivity contribution >= 4 is 17.5 Å². The number of likely N-dealkylation sites (tertiary alicyclic amines) is 1. The number of nitrogens with zero attached hydrogens (tertiary/aromatic N) is 2. The fourth-order valence-electron chi connectivity index (χ4n) is 3.82. The number of anilines is 1. The molecule has 3 aliphatic heterocycles. The molecule has 2 saturated heterocycles. The van der Waals surface area contributed by atoms with Gasteiger partial charge in [0.25, 0.3) is 0 Å². The number of hydrogen-bond donors (Lipinski definition) is 1. The first-order chi connectivity index (χ1) is 12.2. The van der Waals surface area contributed by atoms with Crippen molar-refractivity contribution in [3.63, 3.8) is 0 Å². The summed E-state index contributed by atoms with van der Waals surface area (Å²) < 4.78 is 10.7. The lowest BCUT2D eigenvalue weighted by Gasteiger charge is -2.47. The first-order valence-electron chi connectivity index (χ1n) is 8.74. The minimum atomic E-state index is -0.426. The van der Waals surface area contributed by atoms with Gasteiger partial charge in [-0.05, 0) is 23.8 Å². The Bertz CT molecular complexity index is 681. The number of benzene rings is 1. The average molecular weight is 345 g/mol. The molecule has 1 atom stereocenters. The Balaban J connectivity index is 1.47. The Kier molecular flexibility index (Phi) is 4.35. The number of ether oxygens (including phenoxy) is 2. The fraction of sp³-hybridized carbons (Fsp3) is 0.556. The molecule has 4 rings (SSSR count). The SMILES string of the molecule is COc1ccc2c(c1)C(C(=O)N1CC(N3CCOCC3)C1)CC(=O)N2. The maximum absolute atomic E-state index is 13.0. The lowest BCUT2D eigenvalue weighted by Crippen LogP contribution is -2.63. The summed E-state index contributed by atoms with van der Waals surface area (Å²) in [5, 5.41) is 2.84. The molecule has 7 heteroatoms. The van der Waals surface area contributed by atoms with Crippen molar-refractivity contribution in [2.45, 2.75) is 18.4 Å². The number of morpholine rings is 1. The van der Waals surface area contributed by atoms with Crippen LogP contribution in [0.5, 0.6) is 5.75 Å². The van der Waals surface area contributed by atoms with E-state index in [9.17, 15) is 9.59 Å². The molecule has 0 radical (unpaired) electrons. The molecule has 3 aliphatic rings. The first-order valence-corrected chi connectivity index (χ1v) is 8.74. The van der Waals surface area contributed by atoms with Gasteiger partial charge in [-0.2, -0.15) is 0 Å². The molecule has 0 aliphatic carbocycles. The molecular weight excluding hydrogens is 322 g/mol. The normalized spacial score (nSPS) is 24.3. The van der Waals surface area contributed by atoms with Crippen LogP contribution in [0.3, 0.4) is 0 Å². The van der Waals surface area contributed by atoms with Crippen LogP contribution in [0.1, 0.15) is 17.9 Å². The van der Waals surface area contributed by atoms with Crippen LogP contribution in [-0.4, -0.2) is 74.2 Å². The number of fused-ring (bicyclic) bond motifs is 1. The van der Waals surface area contributed by atoms with Crippen LogP contribution in [-0.2, 0) is 14.3 Å². The van der Waals surface area contributed by atoms with Crippen LogP contribution < -0.4 is 10.1 Å². The van der Waals surface area contributed by atoms with Crippen molar-refractivity contribution in [1.29, 1.82) is 0 Å². The molecule has 0 bridgehead atoms. The molecule has 0 aromatic heterocycles. The molecule has 2 amide bonds. The number of hydrogen-bond acceptors (Lipinski definition) is 5. The van der Waals surface area contributed by atoms with Crippen molar-refractivity contribution in [1.82, 2.24) is 9.80 Å². The zero-order valence-electron chi connectivity index (χ0n) is 14.4. The monoisotopic (exact) mass is 345 g/mol. The van der Waals surface area contributed by atoms with Crippen LogP contribution in [0.4, 0.5) is 5.69 Å². The highest BCUT2D eigenvalue weighted by atomic mass is 16.5. The van der Waals surface area contributed by atoms with E-state index in [1.165, 1.54) is 0 Å². The van der Waals surface area contributed by atoms with Gasteiger partial charge in [0, 0.05) is 44.3 Å². The number of nitrogens with one attached hydrogen (secondary N) is 1. The Morgan fingerprint density at radius 3 is 2.76 bits per heavy atom. The van der Waals surface area contributed by atoms with Gasteiger partial charge in [0.15, 0.2) is 0 Å². The maximum Gasteiger partial charge on any atom is 0.230 e. The molecule has 134 valence electrons. The van der Waals surface area contributed by atoms with Gasteiger partial charge >= 0.3 is 0 Å². The summed E-state index contributed by atoms with van der Waals surface area (Å²) in [6.07, 6.45) is 0.192. The summed E-state index contributed by atoms with van der Waals surface area (Å²) in [4.78, 5) is 29.2. The predicted octanol–water partition coefficient (Wildman–Crippen LogP) is 0.664. The second-order valence-electron chi connectivity index (χ2n) is 6.80. The zero-order chi connectivity index (χ0) is 17.4. The standard InChI is InChI=1S/C18H23N3O4/c1-24-13-2-3-16-14(8-13)15(9-17(22)19-16)18(23)21-10-12(11-21)20-4-6-25-7-5-20/h2-3,8,12,15H,4-7,9-11H2,1H3,(H,19,22). The van der Waals surface area contributed by atoms with Crippen molar-refractivity contribution in [3.05, 3.63) is 23.8 Å². The quantitative estimate of drug-likeness (QED) is 0.872. The number of amides is 2. The number of carbonyl (C=O) groups is 2. The largest absolute Gasteiger partial charge is 0.497 e. The maximum atomic E-state index is 13.0. The van der Waals surface area contributed by atoms with Crippen LogP contribution in [0.15, 0.2) is 18.2 Å². The van der Waals surface area contributed by atoms with E-state index < -0.39 is 5.92 Å². The molecule has 0 saturated carbocycles. The van der Waals surface area contributed by atoms with E-state index in [0.717, 1.165) is 45.0 Å². The predicted molar refractivity (Wildman–Crippen MR) is 91.7 cm³/mol. The van der Waals surface area contributed by atoms with E-state index >= 15 is 0 Å². The lowest BCUT2D eigenvalue weighted by atomic mass is 9.88. The third-order valence-corrected chi connectivity index (χ3v) is 5.33. The van der Waals surface area contributed by atoms with E-state index in [0.29, 0.717) is 17.5 Å². The van der Waals surface area contributed by atoms with Gasteiger partial charge in [-0.1, -0.05) is 0 Å². The van der Waals surface area contributed by atoms with Gasteiger partial charge in [0.2, 0.25) is 11.8 Å². The van der Waals surface area contributed by atoms with E-state index in [2.05, 4.69) is 10.2 Å². The van der Waals surface area contributed by atoms with Crippen molar-refractivity contribution in [2.24, 2.45) is 0 Å². The molecule has 2 fully saturated rings. The van der Waals surface area contributed by atoms with Gasteiger partial charge in [-0.15, -0.1) is 0 Å². The second-order valence-corrected chi connectivity index (χ2v) is 6.80. The highest BCUT2D eigenvalue weighted by molar-refractivity contribution is 6.01. The van der Waals surface area contributed by atoms with Crippen LogP contribution in [0.2, 0.25) is 0 Å². The summed E-state index contributed by atoms with van der Waals surface area (Å²) in [5.41, 5.74) is 1.56. The molecular formula is C18H23N3O4. The van der Waals surface area contributed by atoms with E-state index in [1.807, 2.05) is 11.0 Å². The summed E-state index contributed by atoms with van der Waals surface area (Å²) in [5.74, 6) is 0.196. The van der Waals surface area contributed by atoms with Gasteiger partial charge < -0.3 is 19.7 Å². The van der Waals surface area contributed by atoms with Gasteiger partial charge in [0.1, 0.15) is 5.75 Å². The summed E-state index contributed by atoms with van der Waals surface area (Å²) in [6, 6.07) is 5.87. The van der Waals surface area contributed by atoms with Crippen LogP contribution in [0, 0.1) is 0 Å². The third kappa shape index (κ3) is 3.09. The van der Waals surface area contributed by atoms with Crippen LogP contribution in [0.25, 0.3) is 0 Å². The molecule has 7 nitrogen and oxygen atoms in total. The van der Waals surface area contributed by atoms with Gasteiger partial charge in [0.05, 0.1) is 26.2 Å². The minimum absolute atomic E-state index is 0.0360. The van der Waals surface area contributed by atoms with Crippen molar-refractivity contribution in [2.75, 3.05) is 51.8 Å². The summed E-state index contributed by atoms with van der Waals surface area (Å²) in [7, 11) is 1.60. The molecule has 0 spiro atoms. The third-order valence-electron chi connectivity index (χ3n) is 5.33. The first kappa shape index (κ1) is 16.4. The summed E-state index contributed by atoms with van der Waals surface area (Å²) >= 11 is 0. The van der Waals surface area contributed by atoms with E-state index in [1.54, 1.807) is 19.2 Å². The Hall–Kier alpha value is -2.12. The van der Waals surface area contributed by atoms with Gasteiger partial charge in [-0.3, -0.25) is 14.5 Å². The minimum Gasteiger partial charge on any atom is -0.497 e. The van der Waals surface area contributed by atoms with E-state index in [-0.39, 0.29) is 18.2 Å². The Morgan fingerprint density at radius 1 is 1.28 bits per heavy atom. The molecule has 1 N–H and O–H groups in total. The van der Waals surface area contributed by atoms with E-state index in [4.69, 9.17) is 9.47 Å². The topological polar surface area (TPSA) is 71.1 Å². The average Bonchev–Trinajstić information content (AvgIpc) is 2.60. The van der Waals surface area contributed by atoms with Crippen LogP contribution >= 0.6 is 0 Å². The summed E-state index contributed by atoms with van der Waals surface area (Å²) in [6.45, 7) is 4.85. The molecule has 1 aromatic rings. The second kappa shape index (κ2) is 6.65.